The van der Waals surface area contributed by atoms with E-state index in [9.17, 15) is 15.0 Å². The molecule has 0 aromatic heterocycles. The fourth-order valence-corrected chi connectivity index (χ4v) is 3.16. The summed E-state index contributed by atoms with van der Waals surface area (Å²) in [7, 11) is 0. The van der Waals surface area contributed by atoms with Crippen LogP contribution in [0.25, 0.3) is 0 Å². The molecule has 24 heavy (non-hydrogen) atoms. The van der Waals surface area contributed by atoms with Crippen molar-refractivity contribution in [1.82, 2.24) is 10.2 Å². The summed E-state index contributed by atoms with van der Waals surface area (Å²) in [6.45, 7) is 2.26. The third kappa shape index (κ3) is 4.05. The summed E-state index contributed by atoms with van der Waals surface area (Å²) in [6, 6.07) is 7.44. The number of rotatable bonds is 4. The highest BCUT2D eigenvalue weighted by Gasteiger charge is 2.33. The number of hydrogen-bond acceptors (Lipinski definition) is 6. The molecule has 0 bridgehead atoms. The van der Waals surface area contributed by atoms with Gasteiger partial charge >= 0.3 is 0 Å². The number of nitrogens with one attached hydrogen (secondary N) is 1. The van der Waals surface area contributed by atoms with E-state index in [4.69, 9.17) is 9.47 Å². The third-order valence-corrected chi connectivity index (χ3v) is 4.48. The zero-order valence-electron chi connectivity index (χ0n) is 13.6. The standard InChI is InChI=1S/C17H24N2O5/c20-11-15-17(22)13(5-7-23-15)18-16(21)10-19-6-8-24-14-4-2-1-3-12(14)9-19/h1-4,13,15,17,20,22H,5-11H2,(H,18,21)/t13-,15+,17-/m0/s1. The van der Waals surface area contributed by atoms with Crippen molar-refractivity contribution in [2.45, 2.75) is 31.2 Å². The van der Waals surface area contributed by atoms with Crippen molar-refractivity contribution in [3.63, 3.8) is 0 Å². The molecule has 0 spiro atoms. The zero-order chi connectivity index (χ0) is 16.9. The lowest BCUT2D eigenvalue weighted by molar-refractivity contribution is -0.132. The van der Waals surface area contributed by atoms with Crippen LogP contribution in [0, 0.1) is 0 Å². The van der Waals surface area contributed by atoms with E-state index in [1.165, 1.54) is 0 Å². The number of para-hydroxylation sites is 1. The molecule has 3 atom stereocenters. The molecule has 0 saturated carbocycles. The average Bonchev–Trinajstić information content (AvgIpc) is 2.78. The molecule has 1 saturated heterocycles. The van der Waals surface area contributed by atoms with Crippen LogP contribution in [-0.4, -0.2) is 72.2 Å². The molecular weight excluding hydrogens is 312 g/mol. The Morgan fingerprint density at radius 3 is 3.00 bits per heavy atom. The van der Waals surface area contributed by atoms with Gasteiger partial charge in [-0.1, -0.05) is 18.2 Å². The van der Waals surface area contributed by atoms with Gasteiger partial charge in [-0.15, -0.1) is 0 Å². The first-order chi connectivity index (χ1) is 11.7. The largest absolute Gasteiger partial charge is 0.492 e. The Labute approximate surface area is 141 Å². The fraction of sp³-hybridized carbons (Fsp3) is 0.588. The molecule has 1 amide bonds. The number of carbonyl (C=O) groups is 1. The molecule has 0 aliphatic carbocycles. The molecule has 7 heteroatoms. The van der Waals surface area contributed by atoms with Crippen molar-refractivity contribution >= 4 is 5.91 Å². The van der Waals surface area contributed by atoms with Crippen LogP contribution in [0.2, 0.25) is 0 Å². The molecule has 0 radical (unpaired) electrons. The van der Waals surface area contributed by atoms with Gasteiger partial charge in [0.15, 0.2) is 0 Å². The Bertz CT molecular complexity index is 568. The number of fused-ring (bicyclic) bond motifs is 1. The van der Waals surface area contributed by atoms with Gasteiger partial charge in [-0.2, -0.15) is 0 Å². The lowest BCUT2D eigenvalue weighted by atomic mass is 10.00. The first-order valence-corrected chi connectivity index (χ1v) is 8.30. The van der Waals surface area contributed by atoms with Gasteiger partial charge in [0.05, 0.1) is 19.2 Å². The first kappa shape index (κ1) is 17.2. The van der Waals surface area contributed by atoms with Crippen LogP contribution < -0.4 is 10.1 Å². The quantitative estimate of drug-likeness (QED) is 0.687. The molecule has 7 nitrogen and oxygen atoms in total. The number of aliphatic hydroxyl groups excluding tert-OH is 2. The van der Waals surface area contributed by atoms with Gasteiger partial charge in [0.2, 0.25) is 5.91 Å². The summed E-state index contributed by atoms with van der Waals surface area (Å²) in [5.74, 6) is 0.725. The van der Waals surface area contributed by atoms with Crippen LogP contribution in [0.4, 0.5) is 0 Å². The Morgan fingerprint density at radius 1 is 1.33 bits per heavy atom. The minimum absolute atomic E-state index is 0.142. The first-order valence-electron chi connectivity index (χ1n) is 8.30. The van der Waals surface area contributed by atoms with E-state index >= 15 is 0 Å². The minimum atomic E-state index is -0.888. The number of ether oxygens (including phenoxy) is 2. The second-order valence-corrected chi connectivity index (χ2v) is 6.21. The number of amides is 1. The van der Waals surface area contributed by atoms with Gasteiger partial charge in [0.25, 0.3) is 0 Å². The molecule has 2 heterocycles. The van der Waals surface area contributed by atoms with Crippen LogP contribution >= 0.6 is 0 Å². The minimum Gasteiger partial charge on any atom is -0.492 e. The van der Waals surface area contributed by atoms with Crippen LogP contribution in [0.1, 0.15) is 12.0 Å². The van der Waals surface area contributed by atoms with E-state index in [0.717, 1.165) is 11.3 Å². The van der Waals surface area contributed by atoms with Crippen LogP contribution in [0.5, 0.6) is 5.75 Å². The normalized spacial score (nSPS) is 27.7. The average molecular weight is 336 g/mol. The molecular formula is C17H24N2O5. The highest BCUT2D eigenvalue weighted by molar-refractivity contribution is 5.78. The summed E-state index contributed by atoms with van der Waals surface area (Å²) >= 11 is 0. The van der Waals surface area contributed by atoms with E-state index < -0.39 is 12.2 Å². The van der Waals surface area contributed by atoms with Crippen molar-refractivity contribution in [1.29, 1.82) is 0 Å². The van der Waals surface area contributed by atoms with Crippen LogP contribution in [0.3, 0.4) is 0 Å². The summed E-state index contributed by atoms with van der Waals surface area (Å²) in [5, 5.41) is 22.2. The number of carbonyl (C=O) groups excluding carboxylic acids is 1. The molecule has 2 aliphatic rings. The fourth-order valence-electron chi connectivity index (χ4n) is 3.16. The van der Waals surface area contributed by atoms with E-state index in [0.29, 0.717) is 32.7 Å². The molecule has 3 N–H and O–H groups in total. The Kier molecular flexibility index (Phi) is 5.68. The maximum Gasteiger partial charge on any atom is 0.234 e. The smallest absolute Gasteiger partial charge is 0.234 e. The number of hydrogen-bond donors (Lipinski definition) is 3. The zero-order valence-corrected chi connectivity index (χ0v) is 13.6. The molecule has 132 valence electrons. The predicted molar refractivity (Wildman–Crippen MR) is 86.6 cm³/mol. The molecule has 3 rings (SSSR count). The Morgan fingerprint density at radius 2 is 2.17 bits per heavy atom. The number of benzene rings is 1. The van der Waals surface area contributed by atoms with Gasteiger partial charge in [-0.05, 0) is 12.5 Å². The van der Waals surface area contributed by atoms with Gasteiger partial charge < -0.3 is 25.0 Å². The van der Waals surface area contributed by atoms with E-state index in [-0.39, 0.29) is 25.1 Å². The van der Waals surface area contributed by atoms with Crippen molar-refractivity contribution in [3.8, 4) is 5.75 Å². The Hall–Kier alpha value is -1.67. The second kappa shape index (κ2) is 7.94. The monoisotopic (exact) mass is 336 g/mol. The van der Waals surface area contributed by atoms with Crippen molar-refractivity contribution < 1.29 is 24.5 Å². The second-order valence-electron chi connectivity index (χ2n) is 6.21. The topological polar surface area (TPSA) is 91.3 Å². The van der Waals surface area contributed by atoms with Crippen LogP contribution in [0.15, 0.2) is 24.3 Å². The SMILES string of the molecule is O=C(CN1CCOc2ccccc2C1)N[C@H]1CCO[C@H](CO)[C@H]1O. The molecule has 2 aliphatic heterocycles. The van der Waals surface area contributed by atoms with Crippen molar-refractivity contribution in [2.24, 2.45) is 0 Å². The summed E-state index contributed by atoms with van der Waals surface area (Å²) in [4.78, 5) is 14.4. The third-order valence-electron chi connectivity index (χ3n) is 4.48. The van der Waals surface area contributed by atoms with E-state index in [1.807, 2.05) is 29.2 Å². The lowest BCUT2D eigenvalue weighted by Gasteiger charge is -2.34. The molecule has 1 aromatic rings. The Balaban J connectivity index is 1.55. The van der Waals surface area contributed by atoms with Crippen molar-refractivity contribution in [2.75, 3.05) is 32.9 Å². The maximum atomic E-state index is 12.3. The van der Waals surface area contributed by atoms with Gasteiger partial charge in [-0.25, -0.2) is 0 Å². The molecule has 1 fully saturated rings. The predicted octanol–water partition coefficient (Wildman–Crippen LogP) is -0.492. The highest BCUT2D eigenvalue weighted by Crippen LogP contribution is 2.22. The summed E-state index contributed by atoms with van der Waals surface area (Å²) in [5.41, 5.74) is 1.06. The summed E-state index contributed by atoms with van der Waals surface area (Å²) < 4.78 is 11.0. The van der Waals surface area contributed by atoms with E-state index in [2.05, 4.69) is 5.32 Å². The number of nitrogens with zero attached hydrogens (tertiary/aromatic N) is 1. The lowest BCUT2D eigenvalue weighted by Crippen LogP contribution is -2.55. The van der Waals surface area contributed by atoms with Gasteiger partial charge in [-0.3, -0.25) is 9.69 Å². The van der Waals surface area contributed by atoms with E-state index in [1.54, 1.807) is 0 Å². The highest BCUT2D eigenvalue weighted by atomic mass is 16.5. The number of aliphatic hydroxyl groups is 2. The van der Waals surface area contributed by atoms with Crippen LogP contribution in [-0.2, 0) is 16.1 Å². The van der Waals surface area contributed by atoms with Crippen molar-refractivity contribution in [3.05, 3.63) is 29.8 Å². The van der Waals surface area contributed by atoms with Gasteiger partial charge in [0.1, 0.15) is 24.6 Å². The maximum absolute atomic E-state index is 12.3. The van der Waals surface area contributed by atoms with Gasteiger partial charge in [0, 0.05) is 25.3 Å². The summed E-state index contributed by atoms with van der Waals surface area (Å²) in [6.07, 6.45) is -0.988. The molecule has 0 unspecified atom stereocenters. The molecule has 1 aromatic carbocycles.